The number of likely N-dealkylation sites (tertiary alicyclic amines) is 1. The number of anilines is 1. The molecule has 1 aromatic carbocycles. The molecule has 0 aliphatic carbocycles. The van der Waals surface area contributed by atoms with Crippen molar-refractivity contribution in [2.75, 3.05) is 31.5 Å². The molecule has 2 aliphatic rings. The zero-order chi connectivity index (χ0) is 19.2. The third-order valence-electron chi connectivity index (χ3n) is 5.00. The highest BCUT2D eigenvalue weighted by atomic mass is 35.5. The molecule has 0 saturated carbocycles. The molecule has 2 fully saturated rings. The molecular formula is C19H25ClN4O3. The molecule has 0 bridgehead atoms. The van der Waals surface area contributed by atoms with Gasteiger partial charge in [-0.2, -0.15) is 0 Å². The van der Waals surface area contributed by atoms with E-state index in [0.717, 1.165) is 25.9 Å². The second kappa shape index (κ2) is 9.19. The van der Waals surface area contributed by atoms with Crippen LogP contribution < -0.4 is 16.0 Å². The summed E-state index contributed by atoms with van der Waals surface area (Å²) in [7, 11) is 0. The number of hydrogen-bond acceptors (Lipinski definition) is 4. The third kappa shape index (κ3) is 5.68. The van der Waals surface area contributed by atoms with Gasteiger partial charge >= 0.3 is 0 Å². The Morgan fingerprint density at radius 1 is 1.22 bits per heavy atom. The number of carbonyl (C=O) groups is 3. The van der Waals surface area contributed by atoms with Gasteiger partial charge in [-0.1, -0.05) is 17.7 Å². The number of halogens is 1. The molecule has 3 N–H and O–H groups in total. The van der Waals surface area contributed by atoms with E-state index >= 15 is 0 Å². The average Bonchev–Trinajstić information content (AvgIpc) is 2.64. The van der Waals surface area contributed by atoms with Crippen LogP contribution in [0.1, 0.15) is 25.7 Å². The minimum Gasteiger partial charge on any atom is -0.352 e. The minimum absolute atomic E-state index is 0.00368. The van der Waals surface area contributed by atoms with E-state index in [4.69, 9.17) is 11.6 Å². The van der Waals surface area contributed by atoms with Crippen molar-refractivity contribution in [3.63, 3.8) is 0 Å². The molecule has 7 nitrogen and oxygen atoms in total. The van der Waals surface area contributed by atoms with Crippen LogP contribution in [0.5, 0.6) is 0 Å². The second-order valence-electron chi connectivity index (χ2n) is 7.10. The highest BCUT2D eigenvalue weighted by molar-refractivity contribution is 6.30. The van der Waals surface area contributed by atoms with Gasteiger partial charge in [0.05, 0.1) is 12.5 Å². The zero-order valence-corrected chi connectivity index (χ0v) is 15.9. The summed E-state index contributed by atoms with van der Waals surface area (Å²) in [6.45, 7) is 2.03. The summed E-state index contributed by atoms with van der Waals surface area (Å²) < 4.78 is 0. The lowest BCUT2D eigenvalue weighted by Crippen LogP contribution is -2.50. The van der Waals surface area contributed by atoms with Crippen LogP contribution >= 0.6 is 11.6 Å². The Bertz CT molecular complexity index is 706. The van der Waals surface area contributed by atoms with Crippen LogP contribution in [0.3, 0.4) is 0 Å². The van der Waals surface area contributed by atoms with Crippen molar-refractivity contribution < 1.29 is 14.4 Å². The number of nitrogens with one attached hydrogen (secondary N) is 3. The van der Waals surface area contributed by atoms with Crippen LogP contribution in [0, 0.1) is 5.92 Å². The number of amides is 3. The van der Waals surface area contributed by atoms with Gasteiger partial charge in [0, 0.05) is 29.7 Å². The molecular weight excluding hydrogens is 368 g/mol. The maximum atomic E-state index is 12.5. The van der Waals surface area contributed by atoms with Crippen LogP contribution in [-0.2, 0) is 14.4 Å². The second-order valence-corrected chi connectivity index (χ2v) is 7.54. The van der Waals surface area contributed by atoms with Crippen molar-refractivity contribution in [2.45, 2.75) is 31.7 Å². The molecule has 2 heterocycles. The number of benzene rings is 1. The Labute approximate surface area is 163 Å². The zero-order valence-electron chi connectivity index (χ0n) is 15.2. The van der Waals surface area contributed by atoms with Crippen LogP contribution in [0.2, 0.25) is 5.02 Å². The van der Waals surface area contributed by atoms with E-state index in [1.54, 1.807) is 24.3 Å². The van der Waals surface area contributed by atoms with Gasteiger partial charge in [-0.25, -0.2) is 0 Å². The molecule has 0 radical (unpaired) electrons. The summed E-state index contributed by atoms with van der Waals surface area (Å²) in [5, 5.41) is 9.62. The number of piperidine rings is 2. The molecule has 1 aromatic rings. The fourth-order valence-electron chi connectivity index (χ4n) is 3.51. The Morgan fingerprint density at radius 3 is 2.74 bits per heavy atom. The monoisotopic (exact) mass is 392 g/mol. The Morgan fingerprint density at radius 2 is 2.00 bits per heavy atom. The summed E-state index contributed by atoms with van der Waals surface area (Å²) in [4.78, 5) is 38.5. The summed E-state index contributed by atoms with van der Waals surface area (Å²) >= 11 is 5.94. The third-order valence-corrected chi connectivity index (χ3v) is 5.24. The first-order valence-electron chi connectivity index (χ1n) is 9.35. The van der Waals surface area contributed by atoms with Crippen LogP contribution in [0.4, 0.5) is 5.69 Å². The van der Waals surface area contributed by atoms with Crippen molar-refractivity contribution in [1.82, 2.24) is 15.5 Å². The quantitative estimate of drug-likeness (QED) is 0.706. The van der Waals surface area contributed by atoms with Gasteiger partial charge in [-0.15, -0.1) is 0 Å². The van der Waals surface area contributed by atoms with Gasteiger partial charge in [-0.05, 0) is 50.6 Å². The van der Waals surface area contributed by atoms with Crippen molar-refractivity contribution in [3.8, 4) is 0 Å². The summed E-state index contributed by atoms with van der Waals surface area (Å²) in [6.07, 6.45) is 2.54. The first kappa shape index (κ1) is 19.6. The van der Waals surface area contributed by atoms with E-state index in [0.29, 0.717) is 17.1 Å². The highest BCUT2D eigenvalue weighted by Gasteiger charge is 2.31. The Balaban J connectivity index is 1.52. The van der Waals surface area contributed by atoms with Crippen molar-refractivity contribution in [1.29, 1.82) is 0 Å². The SMILES string of the molecule is O=C(CN1CC(C(=O)Nc2cccc(Cl)c2)CCC1=O)NC1CCNCC1. The molecule has 2 saturated heterocycles. The Hall–Kier alpha value is -2.12. The maximum Gasteiger partial charge on any atom is 0.239 e. The molecule has 0 aromatic heterocycles. The first-order valence-corrected chi connectivity index (χ1v) is 9.73. The molecule has 2 aliphatic heterocycles. The minimum atomic E-state index is -0.339. The van der Waals surface area contributed by atoms with E-state index in [1.807, 2.05) is 0 Å². The molecule has 1 unspecified atom stereocenters. The number of rotatable bonds is 5. The molecule has 27 heavy (non-hydrogen) atoms. The van der Waals surface area contributed by atoms with Crippen LogP contribution in [0.15, 0.2) is 24.3 Å². The predicted molar refractivity (Wildman–Crippen MR) is 103 cm³/mol. The predicted octanol–water partition coefficient (Wildman–Crippen LogP) is 1.39. The van der Waals surface area contributed by atoms with E-state index in [-0.39, 0.29) is 49.2 Å². The van der Waals surface area contributed by atoms with Crippen molar-refractivity contribution in [2.24, 2.45) is 5.92 Å². The summed E-state index contributed by atoms with van der Waals surface area (Å²) in [5.74, 6) is -0.740. The number of hydrogen-bond donors (Lipinski definition) is 3. The fourth-order valence-corrected chi connectivity index (χ4v) is 3.70. The topological polar surface area (TPSA) is 90.5 Å². The molecule has 3 rings (SSSR count). The van der Waals surface area contributed by atoms with Crippen molar-refractivity contribution >= 4 is 35.0 Å². The fraction of sp³-hybridized carbons (Fsp3) is 0.526. The van der Waals surface area contributed by atoms with E-state index in [2.05, 4.69) is 16.0 Å². The first-order chi connectivity index (χ1) is 13.0. The summed E-state index contributed by atoms with van der Waals surface area (Å²) in [5.41, 5.74) is 0.625. The average molecular weight is 393 g/mol. The number of carbonyl (C=O) groups excluding carboxylic acids is 3. The normalized spacial score (nSPS) is 21.0. The van der Waals surface area contributed by atoms with Gasteiger partial charge in [0.15, 0.2) is 0 Å². The van der Waals surface area contributed by atoms with Crippen LogP contribution in [0.25, 0.3) is 0 Å². The van der Waals surface area contributed by atoms with Crippen molar-refractivity contribution in [3.05, 3.63) is 29.3 Å². The summed E-state index contributed by atoms with van der Waals surface area (Å²) in [6, 6.07) is 7.10. The van der Waals surface area contributed by atoms with E-state index < -0.39 is 0 Å². The molecule has 3 amide bonds. The number of nitrogens with zero attached hydrogens (tertiary/aromatic N) is 1. The molecule has 146 valence electrons. The van der Waals surface area contributed by atoms with E-state index in [9.17, 15) is 14.4 Å². The van der Waals surface area contributed by atoms with Gasteiger partial charge in [-0.3, -0.25) is 14.4 Å². The van der Waals surface area contributed by atoms with Crippen LogP contribution in [-0.4, -0.2) is 54.8 Å². The van der Waals surface area contributed by atoms with Gasteiger partial charge in [0.1, 0.15) is 0 Å². The van der Waals surface area contributed by atoms with E-state index in [1.165, 1.54) is 4.90 Å². The van der Waals surface area contributed by atoms with Gasteiger partial charge in [0.25, 0.3) is 0 Å². The van der Waals surface area contributed by atoms with Gasteiger partial charge in [0.2, 0.25) is 17.7 Å². The van der Waals surface area contributed by atoms with Gasteiger partial charge < -0.3 is 20.9 Å². The highest BCUT2D eigenvalue weighted by Crippen LogP contribution is 2.21. The lowest BCUT2D eigenvalue weighted by molar-refractivity contribution is -0.141. The standard InChI is InChI=1S/C19H25ClN4O3/c20-14-2-1-3-16(10-14)23-19(27)13-4-5-18(26)24(11-13)12-17(25)22-15-6-8-21-9-7-15/h1-3,10,13,15,21H,4-9,11-12H2,(H,22,25)(H,23,27). The lowest BCUT2D eigenvalue weighted by Gasteiger charge is -2.32. The lowest BCUT2D eigenvalue weighted by atomic mass is 9.96. The molecule has 0 spiro atoms. The largest absolute Gasteiger partial charge is 0.352 e. The smallest absolute Gasteiger partial charge is 0.239 e. The molecule has 1 atom stereocenters. The maximum absolute atomic E-state index is 12.5. The molecule has 8 heteroatoms. The Kier molecular flexibility index (Phi) is 6.68.